The Morgan fingerprint density at radius 2 is 2.32 bits per heavy atom. The Hall–Kier alpha value is -1.73. The lowest BCUT2D eigenvalue weighted by molar-refractivity contribution is -0.148. The lowest BCUT2D eigenvalue weighted by Gasteiger charge is -2.39. The van der Waals surface area contributed by atoms with E-state index in [1.165, 1.54) is 0 Å². The number of nitriles is 1. The summed E-state index contributed by atoms with van der Waals surface area (Å²) in [5, 5.41) is 18.6. The molecule has 0 aliphatic carbocycles. The monoisotopic (exact) mass is 278 g/mol. The van der Waals surface area contributed by atoms with Crippen LogP contribution in [0, 0.1) is 16.7 Å². The summed E-state index contributed by atoms with van der Waals surface area (Å²) in [6.45, 7) is 2.99. The Morgan fingerprint density at radius 1 is 1.58 bits per heavy atom. The highest BCUT2D eigenvalue weighted by Crippen LogP contribution is 2.35. The topological polar surface area (TPSA) is 64.3 Å². The van der Waals surface area contributed by atoms with E-state index >= 15 is 0 Å². The molecular weight excluding hydrogens is 264 g/mol. The standard InChI is InChI=1S/C14H15ClN2O2/c1-14(13(18)19)5-2-6-17(9-14)12-4-3-10(8-16)7-11(12)15/h3-4,7H,2,5-6,9H2,1H3,(H,18,19). The minimum atomic E-state index is -0.776. The molecule has 1 atom stereocenters. The lowest BCUT2D eigenvalue weighted by Crippen LogP contribution is -2.46. The molecule has 19 heavy (non-hydrogen) atoms. The maximum atomic E-state index is 11.3. The van der Waals surface area contributed by atoms with E-state index in [2.05, 4.69) is 0 Å². The molecule has 1 N–H and O–H groups in total. The van der Waals surface area contributed by atoms with Crippen LogP contribution in [0.1, 0.15) is 25.3 Å². The molecule has 0 spiro atoms. The first kappa shape index (κ1) is 13.7. The van der Waals surface area contributed by atoms with Crippen LogP contribution in [0.15, 0.2) is 18.2 Å². The third-order valence-corrected chi connectivity index (χ3v) is 3.93. The lowest BCUT2D eigenvalue weighted by atomic mass is 9.82. The average Bonchev–Trinajstić information content (AvgIpc) is 2.38. The van der Waals surface area contributed by atoms with Crippen molar-refractivity contribution in [1.29, 1.82) is 5.26 Å². The molecule has 0 radical (unpaired) electrons. The second-order valence-corrected chi connectivity index (χ2v) is 5.58. The van der Waals surface area contributed by atoms with Gasteiger partial charge >= 0.3 is 5.97 Å². The van der Waals surface area contributed by atoms with Gasteiger partial charge in [-0.25, -0.2) is 0 Å². The van der Waals surface area contributed by atoms with Gasteiger partial charge in [-0.15, -0.1) is 0 Å². The highest BCUT2D eigenvalue weighted by Gasteiger charge is 2.38. The van der Waals surface area contributed by atoms with E-state index in [9.17, 15) is 9.90 Å². The first-order valence-electron chi connectivity index (χ1n) is 6.14. The molecule has 4 nitrogen and oxygen atoms in total. The van der Waals surface area contributed by atoms with E-state index in [1.807, 2.05) is 11.0 Å². The number of halogens is 1. The third-order valence-electron chi connectivity index (χ3n) is 3.63. The van der Waals surface area contributed by atoms with E-state index in [0.717, 1.165) is 18.7 Å². The summed E-state index contributed by atoms with van der Waals surface area (Å²) in [5.41, 5.74) is 0.565. The molecule has 1 saturated heterocycles. The number of aliphatic carboxylic acids is 1. The van der Waals surface area contributed by atoms with E-state index in [4.69, 9.17) is 16.9 Å². The van der Waals surface area contributed by atoms with Gasteiger partial charge < -0.3 is 10.0 Å². The number of carboxylic acid groups (broad SMARTS) is 1. The molecule has 1 heterocycles. The van der Waals surface area contributed by atoms with Crippen LogP contribution in [-0.2, 0) is 4.79 Å². The van der Waals surface area contributed by atoms with Gasteiger partial charge in [-0.2, -0.15) is 5.26 Å². The highest BCUT2D eigenvalue weighted by molar-refractivity contribution is 6.33. The van der Waals surface area contributed by atoms with Gasteiger partial charge in [0.25, 0.3) is 0 Å². The summed E-state index contributed by atoms with van der Waals surface area (Å²) in [6.07, 6.45) is 1.49. The molecule has 5 heteroatoms. The van der Waals surface area contributed by atoms with Gasteiger partial charge in [0.2, 0.25) is 0 Å². The molecule has 0 saturated carbocycles. The quantitative estimate of drug-likeness (QED) is 0.903. The number of carboxylic acids is 1. The zero-order chi connectivity index (χ0) is 14.0. The second-order valence-electron chi connectivity index (χ2n) is 5.17. The minimum Gasteiger partial charge on any atom is -0.481 e. The van der Waals surface area contributed by atoms with Gasteiger partial charge in [0, 0.05) is 13.1 Å². The second kappa shape index (κ2) is 5.10. The number of hydrogen-bond acceptors (Lipinski definition) is 3. The molecule has 2 rings (SSSR count). The summed E-state index contributed by atoms with van der Waals surface area (Å²) >= 11 is 6.17. The van der Waals surface area contributed by atoms with Crippen LogP contribution in [0.4, 0.5) is 5.69 Å². The minimum absolute atomic E-state index is 0.438. The third kappa shape index (κ3) is 2.66. The van der Waals surface area contributed by atoms with E-state index in [0.29, 0.717) is 23.6 Å². The van der Waals surface area contributed by atoms with Gasteiger partial charge in [0.05, 0.1) is 27.8 Å². The fourth-order valence-corrected chi connectivity index (χ4v) is 2.75. The summed E-state index contributed by atoms with van der Waals surface area (Å²) < 4.78 is 0. The number of rotatable bonds is 2. The SMILES string of the molecule is CC1(C(=O)O)CCCN(c2ccc(C#N)cc2Cl)C1. The Kier molecular flexibility index (Phi) is 3.68. The summed E-state index contributed by atoms with van der Waals surface area (Å²) in [4.78, 5) is 13.3. The molecule has 1 fully saturated rings. The molecule has 0 aromatic heterocycles. The molecule has 100 valence electrons. The number of carbonyl (C=O) groups is 1. The Balaban J connectivity index is 2.28. The van der Waals surface area contributed by atoms with E-state index in [1.54, 1.807) is 25.1 Å². The largest absolute Gasteiger partial charge is 0.481 e. The van der Waals surface area contributed by atoms with Gasteiger partial charge in [0.1, 0.15) is 0 Å². The van der Waals surface area contributed by atoms with Gasteiger partial charge in [-0.3, -0.25) is 4.79 Å². The first-order valence-corrected chi connectivity index (χ1v) is 6.52. The molecule has 0 amide bonds. The Labute approximate surface area is 117 Å². The van der Waals surface area contributed by atoms with Crippen molar-refractivity contribution in [1.82, 2.24) is 0 Å². The molecule has 1 unspecified atom stereocenters. The van der Waals surface area contributed by atoms with Crippen LogP contribution < -0.4 is 4.90 Å². The maximum Gasteiger partial charge on any atom is 0.311 e. The number of hydrogen-bond donors (Lipinski definition) is 1. The fraction of sp³-hybridized carbons (Fsp3) is 0.429. The van der Waals surface area contributed by atoms with Crippen molar-refractivity contribution in [2.45, 2.75) is 19.8 Å². The van der Waals surface area contributed by atoms with Crippen LogP contribution in [0.3, 0.4) is 0 Å². The number of piperidine rings is 1. The van der Waals surface area contributed by atoms with Crippen molar-refractivity contribution in [3.8, 4) is 6.07 Å². The zero-order valence-electron chi connectivity index (χ0n) is 10.7. The van der Waals surface area contributed by atoms with Gasteiger partial charge in [-0.05, 0) is 38.0 Å². The van der Waals surface area contributed by atoms with Crippen molar-refractivity contribution in [3.63, 3.8) is 0 Å². The molecule has 1 aromatic rings. The zero-order valence-corrected chi connectivity index (χ0v) is 11.4. The van der Waals surface area contributed by atoms with Crippen molar-refractivity contribution in [2.75, 3.05) is 18.0 Å². The average molecular weight is 279 g/mol. The smallest absolute Gasteiger partial charge is 0.311 e. The highest BCUT2D eigenvalue weighted by atomic mass is 35.5. The summed E-state index contributed by atoms with van der Waals surface area (Å²) in [5.74, 6) is -0.776. The Morgan fingerprint density at radius 3 is 2.89 bits per heavy atom. The summed E-state index contributed by atoms with van der Waals surface area (Å²) in [7, 11) is 0. The fourth-order valence-electron chi connectivity index (χ4n) is 2.45. The molecule has 1 aliphatic rings. The molecule has 1 aliphatic heterocycles. The first-order chi connectivity index (χ1) is 8.96. The number of benzene rings is 1. The van der Waals surface area contributed by atoms with Crippen molar-refractivity contribution < 1.29 is 9.90 Å². The van der Waals surface area contributed by atoms with Crippen molar-refractivity contribution >= 4 is 23.3 Å². The normalized spacial score (nSPS) is 22.9. The van der Waals surface area contributed by atoms with Crippen LogP contribution >= 0.6 is 11.6 Å². The maximum absolute atomic E-state index is 11.3. The van der Waals surface area contributed by atoms with Gasteiger partial charge in [0.15, 0.2) is 0 Å². The predicted octanol–water partition coefficient (Wildman–Crippen LogP) is 2.90. The molecule has 0 bridgehead atoms. The Bertz CT molecular complexity index is 553. The van der Waals surface area contributed by atoms with Crippen LogP contribution in [0.2, 0.25) is 5.02 Å². The van der Waals surface area contributed by atoms with Crippen molar-refractivity contribution in [3.05, 3.63) is 28.8 Å². The summed E-state index contributed by atoms with van der Waals surface area (Å²) in [6, 6.07) is 7.14. The van der Waals surface area contributed by atoms with Crippen molar-refractivity contribution in [2.24, 2.45) is 5.41 Å². The van der Waals surface area contributed by atoms with Crippen LogP contribution in [-0.4, -0.2) is 24.2 Å². The van der Waals surface area contributed by atoms with Crippen LogP contribution in [0.5, 0.6) is 0 Å². The van der Waals surface area contributed by atoms with E-state index in [-0.39, 0.29) is 0 Å². The number of nitrogens with zero attached hydrogens (tertiary/aromatic N) is 2. The van der Waals surface area contributed by atoms with E-state index < -0.39 is 11.4 Å². The van der Waals surface area contributed by atoms with Crippen LogP contribution in [0.25, 0.3) is 0 Å². The predicted molar refractivity (Wildman–Crippen MR) is 73.4 cm³/mol. The number of anilines is 1. The molecule has 1 aromatic carbocycles. The molecular formula is C14H15ClN2O2. The van der Waals surface area contributed by atoms with Gasteiger partial charge in [-0.1, -0.05) is 11.6 Å².